The number of amidine groups is 1. The number of hydrogen-bond acceptors (Lipinski definition) is 3. The van der Waals surface area contributed by atoms with E-state index >= 15 is 0 Å². The highest BCUT2D eigenvalue weighted by atomic mass is 32.2. The van der Waals surface area contributed by atoms with Crippen molar-refractivity contribution in [2.45, 2.75) is 40.0 Å². The number of carbonyl (C=O) groups is 1. The lowest BCUT2D eigenvalue weighted by molar-refractivity contribution is -0.115. The standard InChI is InChI=1S/C20H23N3OS/c1-12-10-14(11-17-18(24)22-19(21)25-17)13(2)23(12)16-8-6-15(7-9-16)20(3,4)5/h6-11H,1-5H3,(H2,21,22,24). The van der Waals surface area contributed by atoms with E-state index in [1.54, 1.807) is 0 Å². The minimum absolute atomic E-state index is 0.131. The summed E-state index contributed by atoms with van der Waals surface area (Å²) in [5, 5.41) is 10.3. The van der Waals surface area contributed by atoms with Crippen molar-refractivity contribution in [1.29, 1.82) is 5.41 Å². The van der Waals surface area contributed by atoms with Crippen molar-refractivity contribution in [3.8, 4) is 5.69 Å². The maximum atomic E-state index is 11.8. The lowest BCUT2D eigenvalue weighted by Crippen LogP contribution is -2.18. The molecule has 1 aliphatic heterocycles. The lowest BCUT2D eigenvalue weighted by atomic mass is 9.87. The molecule has 0 spiro atoms. The summed E-state index contributed by atoms with van der Waals surface area (Å²) in [6.45, 7) is 10.7. The number of hydrogen-bond donors (Lipinski definition) is 2. The molecule has 0 radical (unpaired) electrons. The fourth-order valence-electron chi connectivity index (χ4n) is 3.02. The fraction of sp³-hybridized carbons (Fsp3) is 0.300. The van der Waals surface area contributed by atoms with Gasteiger partial charge < -0.3 is 9.88 Å². The monoisotopic (exact) mass is 353 g/mol. The van der Waals surface area contributed by atoms with Crippen molar-refractivity contribution >= 4 is 28.9 Å². The summed E-state index contributed by atoms with van der Waals surface area (Å²) in [6.07, 6.45) is 1.86. The largest absolute Gasteiger partial charge is 0.318 e. The van der Waals surface area contributed by atoms with E-state index in [-0.39, 0.29) is 16.5 Å². The summed E-state index contributed by atoms with van der Waals surface area (Å²) in [5.41, 5.74) is 5.76. The molecule has 0 unspecified atom stereocenters. The highest BCUT2D eigenvalue weighted by Crippen LogP contribution is 2.29. The quantitative estimate of drug-likeness (QED) is 0.779. The Balaban J connectivity index is 1.99. The van der Waals surface area contributed by atoms with Crippen LogP contribution in [0.1, 0.15) is 43.3 Å². The molecule has 2 N–H and O–H groups in total. The number of amides is 1. The highest BCUT2D eigenvalue weighted by molar-refractivity contribution is 8.18. The summed E-state index contributed by atoms with van der Waals surface area (Å²) >= 11 is 1.17. The molecule has 25 heavy (non-hydrogen) atoms. The molecule has 1 amide bonds. The molecule has 0 saturated carbocycles. The van der Waals surface area contributed by atoms with Crippen molar-refractivity contribution < 1.29 is 4.79 Å². The van der Waals surface area contributed by atoms with Crippen LogP contribution in [0.3, 0.4) is 0 Å². The highest BCUT2D eigenvalue weighted by Gasteiger charge is 2.23. The minimum Gasteiger partial charge on any atom is -0.318 e. The van der Waals surface area contributed by atoms with Crippen LogP contribution in [-0.2, 0) is 10.2 Å². The van der Waals surface area contributed by atoms with Crippen molar-refractivity contribution in [3.05, 3.63) is 57.8 Å². The van der Waals surface area contributed by atoms with Crippen LogP contribution in [-0.4, -0.2) is 15.6 Å². The van der Waals surface area contributed by atoms with Gasteiger partial charge in [-0.15, -0.1) is 0 Å². The molecule has 2 aromatic rings. The van der Waals surface area contributed by atoms with E-state index in [9.17, 15) is 4.79 Å². The van der Waals surface area contributed by atoms with Crippen LogP contribution < -0.4 is 5.32 Å². The summed E-state index contributed by atoms with van der Waals surface area (Å²) in [7, 11) is 0. The second kappa shape index (κ2) is 6.23. The average Bonchev–Trinajstić information content (AvgIpc) is 2.98. The number of nitrogens with one attached hydrogen (secondary N) is 2. The first-order valence-corrected chi connectivity index (χ1v) is 9.08. The van der Waals surface area contributed by atoms with E-state index in [0.29, 0.717) is 4.91 Å². The number of rotatable bonds is 2. The zero-order chi connectivity index (χ0) is 18.4. The van der Waals surface area contributed by atoms with Gasteiger partial charge in [-0.1, -0.05) is 32.9 Å². The molecular weight excluding hydrogens is 330 g/mol. The van der Waals surface area contributed by atoms with Gasteiger partial charge in [0.05, 0.1) is 4.91 Å². The summed E-state index contributed by atoms with van der Waals surface area (Å²) < 4.78 is 2.20. The van der Waals surface area contributed by atoms with Gasteiger partial charge >= 0.3 is 0 Å². The Morgan fingerprint density at radius 1 is 1.16 bits per heavy atom. The predicted octanol–water partition coefficient (Wildman–Crippen LogP) is 4.53. The van der Waals surface area contributed by atoms with Crippen molar-refractivity contribution in [3.63, 3.8) is 0 Å². The van der Waals surface area contributed by atoms with Crippen LogP contribution in [0.2, 0.25) is 0 Å². The third-order valence-corrected chi connectivity index (χ3v) is 5.24. The molecule has 1 fully saturated rings. The molecule has 5 heteroatoms. The number of carbonyl (C=O) groups excluding carboxylic acids is 1. The number of benzene rings is 1. The van der Waals surface area contributed by atoms with Crippen LogP contribution in [0.15, 0.2) is 35.2 Å². The minimum atomic E-state index is -0.200. The first-order chi connectivity index (χ1) is 11.7. The van der Waals surface area contributed by atoms with E-state index in [1.807, 2.05) is 6.08 Å². The van der Waals surface area contributed by atoms with Gasteiger partial charge in [-0.25, -0.2) is 0 Å². The van der Waals surface area contributed by atoms with Gasteiger partial charge in [0.1, 0.15) is 0 Å². The fourth-order valence-corrected chi connectivity index (χ4v) is 3.72. The van der Waals surface area contributed by atoms with Gasteiger partial charge in [-0.2, -0.15) is 0 Å². The van der Waals surface area contributed by atoms with Crippen molar-refractivity contribution in [2.75, 3.05) is 0 Å². The molecule has 0 atom stereocenters. The molecule has 3 rings (SSSR count). The Morgan fingerprint density at radius 3 is 2.32 bits per heavy atom. The topological polar surface area (TPSA) is 57.9 Å². The molecule has 4 nitrogen and oxygen atoms in total. The van der Waals surface area contributed by atoms with E-state index in [4.69, 9.17) is 5.41 Å². The van der Waals surface area contributed by atoms with E-state index in [0.717, 1.165) is 22.6 Å². The van der Waals surface area contributed by atoms with Crippen LogP contribution in [0.25, 0.3) is 11.8 Å². The number of thioether (sulfide) groups is 1. The molecular formula is C20H23N3OS. The van der Waals surface area contributed by atoms with Gasteiger partial charge in [0.25, 0.3) is 5.91 Å². The number of aromatic nitrogens is 1. The van der Waals surface area contributed by atoms with E-state index in [2.05, 4.69) is 74.8 Å². The van der Waals surface area contributed by atoms with Crippen LogP contribution in [0, 0.1) is 19.3 Å². The molecule has 1 aromatic carbocycles. The predicted molar refractivity (Wildman–Crippen MR) is 105 cm³/mol. The van der Waals surface area contributed by atoms with E-state index in [1.165, 1.54) is 17.3 Å². The van der Waals surface area contributed by atoms with Crippen LogP contribution in [0.4, 0.5) is 0 Å². The second-order valence-corrected chi connectivity index (χ2v) is 8.40. The van der Waals surface area contributed by atoms with Crippen LogP contribution >= 0.6 is 11.8 Å². The Hall–Kier alpha value is -2.27. The first kappa shape index (κ1) is 17.5. The maximum Gasteiger partial charge on any atom is 0.264 e. The molecule has 1 saturated heterocycles. The smallest absolute Gasteiger partial charge is 0.264 e. The Bertz CT molecular complexity index is 883. The average molecular weight is 353 g/mol. The van der Waals surface area contributed by atoms with Crippen molar-refractivity contribution in [1.82, 2.24) is 9.88 Å². The molecule has 2 heterocycles. The number of nitrogens with zero attached hydrogens (tertiary/aromatic N) is 1. The zero-order valence-electron chi connectivity index (χ0n) is 15.2. The second-order valence-electron chi connectivity index (χ2n) is 7.35. The van der Waals surface area contributed by atoms with Gasteiger partial charge in [0.2, 0.25) is 0 Å². The van der Waals surface area contributed by atoms with E-state index < -0.39 is 0 Å². The Kier molecular flexibility index (Phi) is 4.37. The van der Waals surface area contributed by atoms with Gasteiger partial charge in [-0.3, -0.25) is 10.2 Å². The molecule has 130 valence electrons. The summed E-state index contributed by atoms with van der Waals surface area (Å²) in [5.74, 6) is -0.200. The third-order valence-electron chi connectivity index (χ3n) is 4.41. The molecule has 1 aromatic heterocycles. The summed E-state index contributed by atoms with van der Waals surface area (Å²) in [4.78, 5) is 12.4. The third kappa shape index (κ3) is 3.42. The molecule has 1 aliphatic rings. The number of aryl methyl sites for hydroxylation is 1. The SMILES string of the molecule is Cc1cc(C=C2SC(=N)NC2=O)c(C)n1-c1ccc(C(C)(C)C)cc1. The molecule has 0 bridgehead atoms. The zero-order valence-corrected chi connectivity index (χ0v) is 16.0. The Labute approximate surface area is 152 Å². The van der Waals surface area contributed by atoms with Gasteiger partial charge in [0.15, 0.2) is 5.17 Å². The lowest BCUT2D eigenvalue weighted by Gasteiger charge is -2.20. The first-order valence-electron chi connectivity index (χ1n) is 8.26. The summed E-state index contributed by atoms with van der Waals surface area (Å²) in [6, 6.07) is 10.7. The maximum absolute atomic E-state index is 11.8. The molecule has 0 aliphatic carbocycles. The van der Waals surface area contributed by atoms with Crippen LogP contribution in [0.5, 0.6) is 0 Å². The van der Waals surface area contributed by atoms with Gasteiger partial charge in [-0.05, 0) is 66.4 Å². The Morgan fingerprint density at radius 2 is 1.80 bits per heavy atom. The normalized spacial score (nSPS) is 16.6. The van der Waals surface area contributed by atoms with Gasteiger partial charge in [0, 0.05) is 17.1 Å². The van der Waals surface area contributed by atoms with Crippen molar-refractivity contribution in [2.24, 2.45) is 0 Å².